The normalized spacial score (nSPS) is 19.8. The molecule has 1 unspecified atom stereocenters. The van der Waals surface area contributed by atoms with E-state index in [-0.39, 0.29) is 5.91 Å². The quantitative estimate of drug-likeness (QED) is 0.659. The molecular formula is C24H35N5O. The highest BCUT2D eigenvalue weighted by molar-refractivity contribution is 6.02. The van der Waals surface area contributed by atoms with Crippen LogP contribution >= 0.6 is 0 Å². The van der Waals surface area contributed by atoms with Gasteiger partial charge in [-0.05, 0) is 57.2 Å². The summed E-state index contributed by atoms with van der Waals surface area (Å²) in [5, 5.41) is 7.70. The Bertz CT molecular complexity index is 883. The second-order valence-electron chi connectivity index (χ2n) is 9.08. The van der Waals surface area contributed by atoms with Crippen molar-refractivity contribution >= 4 is 22.6 Å². The lowest BCUT2D eigenvalue weighted by Crippen LogP contribution is -2.47. The average Bonchev–Trinajstić information content (AvgIpc) is 2.73. The molecule has 6 nitrogen and oxygen atoms in total. The third kappa shape index (κ3) is 4.93. The number of carbonyl (C=O) groups excluding carboxylic acids is 1. The zero-order chi connectivity index (χ0) is 21.1. The number of anilines is 1. The van der Waals surface area contributed by atoms with E-state index >= 15 is 0 Å². The number of rotatable bonds is 5. The van der Waals surface area contributed by atoms with Crippen molar-refractivity contribution in [3.63, 3.8) is 0 Å². The fourth-order valence-electron chi connectivity index (χ4n) is 4.82. The Kier molecular flexibility index (Phi) is 6.54. The Hall–Kier alpha value is -2.18. The lowest BCUT2D eigenvalue weighted by molar-refractivity contribution is 0.0941. The first-order valence-corrected chi connectivity index (χ1v) is 11.5. The minimum absolute atomic E-state index is 0.155. The molecule has 2 aliphatic rings. The molecule has 4 N–H and O–H groups in total. The zero-order valence-corrected chi connectivity index (χ0v) is 18.3. The highest BCUT2D eigenvalue weighted by Gasteiger charge is 2.26. The highest BCUT2D eigenvalue weighted by Crippen LogP contribution is 2.28. The van der Waals surface area contributed by atoms with Gasteiger partial charge in [-0.25, -0.2) is 4.98 Å². The lowest BCUT2D eigenvalue weighted by atomic mass is 9.93. The van der Waals surface area contributed by atoms with E-state index in [2.05, 4.69) is 34.6 Å². The Labute approximate surface area is 179 Å². The highest BCUT2D eigenvalue weighted by atomic mass is 16.1. The van der Waals surface area contributed by atoms with Crippen molar-refractivity contribution in [2.75, 3.05) is 18.0 Å². The minimum Gasteiger partial charge on any atom is -0.356 e. The van der Waals surface area contributed by atoms with Gasteiger partial charge in [0, 0.05) is 30.6 Å². The molecule has 0 bridgehead atoms. The van der Waals surface area contributed by atoms with Crippen LogP contribution in [0.4, 0.5) is 5.82 Å². The van der Waals surface area contributed by atoms with Gasteiger partial charge in [-0.15, -0.1) is 0 Å². The first-order chi connectivity index (χ1) is 14.5. The van der Waals surface area contributed by atoms with Gasteiger partial charge >= 0.3 is 0 Å². The van der Waals surface area contributed by atoms with Crippen LogP contribution in [0.2, 0.25) is 0 Å². The molecular weight excluding hydrogens is 374 g/mol. The number of fused-ring (bicyclic) bond motifs is 1. The molecule has 30 heavy (non-hydrogen) atoms. The third-order valence-corrected chi connectivity index (χ3v) is 6.43. The maximum atomic E-state index is 12.9. The van der Waals surface area contributed by atoms with Crippen molar-refractivity contribution in [3.8, 4) is 0 Å². The summed E-state index contributed by atoms with van der Waals surface area (Å²) < 4.78 is 0. The molecule has 1 aromatic heterocycles. The van der Waals surface area contributed by atoms with E-state index in [4.69, 9.17) is 10.7 Å². The van der Waals surface area contributed by atoms with Crippen LogP contribution in [0.3, 0.4) is 0 Å². The van der Waals surface area contributed by atoms with Gasteiger partial charge in [0.2, 0.25) is 0 Å². The maximum Gasteiger partial charge on any atom is 0.256 e. The van der Waals surface area contributed by atoms with Crippen LogP contribution in [0.15, 0.2) is 24.3 Å². The summed E-state index contributed by atoms with van der Waals surface area (Å²) in [7, 11) is 0. The number of nitrogens with two attached hydrogens (primary N) is 1. The zero-order valence-electron chi connectivity index (χ0n) is 18.3. The number of piperidine rings is 1. The molecule has 1 atom stereocenters. The van der Waals surface area contributed by atoms with E-state index in [1.54, 1.807) is 6.92 Å². The Morgan fingerprint density at radius 1 is 1.10 bits per heavy atom. The molecule has 0 radical (unpaired) electrons. The second-order valence-corrected chi connectivity index (χ2v) is 9.08. The number of hydrogen-bond acceptors (Lipinski definition) is 5. The molecule has 1 aliphatic heterocycles. The summed E-state index contributed by atoms with van der Waals surface area (Å²) in [5.74, 6) is 0.625. The van der Waals surface area contributed by atoms with Gasteiger partial charge in [0.25, 0.3) is 5.91 Å². The second kappa shape index (κ2) is 9.31. The fourth-order valence-corrected chi connectivity index (χ4v) is 4.82. The summed E-state index contributed by atoms with van der Waals surface area (Å²) in [5.41, 5.74) is 8.54. The van der Waals surface area contributed by atoms with E-state index in [0.29, 0.717) is 17.6 Å². The summed E-state index contributed by atoms with van der Waals surface area (Å²) in [6.45, 7) is 5.66. The summed E-state index contributed by atoms with van der Waals surface area (Å²) in [6, 6.07) is 9.38. The molecule has 4 rings (SSSR count). The molecule has 0 spiro atoms. The van der Waals surface area contributed by atoms with Gasteiger partial charge in [-0.2, -0.15) is 0 Å². The largest absolute Gasteiger partial charge is 0.356 e. The molecule has 1 aromatic carbocycles. The third-order valence-electron chi connectivity index (χ3n) is 6.43. The first kappa shape index (κ1) is 21.1. The van der Waals surface area contributed by atoms with Crippen LogP contribution < -0.4 is 21.3 Å². The molecule has 2 heterocycles. The Balaban J connectivity index is 1.53. The van der Waals surface area contributed by atoms with E-state index in [0.717, 1.165) is 42.7 Å². The van der Waals surface area contributed by atoms with Crippen molar-refractivity contribution in [1.29, 1.82) is 0 Å². The Morgan fingerprint density at radius 3 is 2.50 bits per heavy atom. The van der Waals surface area contributed by atoms with E-state index in [9.17, 15) is 4.79 Å². The summed E-state index contributed by atoms with van der Waals surface area (Å²) in [4.78, 5) is 20.1. The Morgan fingerprint density at radius 2 is 1.80 bits per heavy atom. The number of nitrogens with zero attached hydrogens (tertiary/aromatic N) is 2. The topological polar surface area (TPSA) is 83.3 Å². The molecule has 1 saturated heterocycles. The van der Waals surface area contributed by atoms with Gasteiger partial charge in [-0.3, -0.25) is 4.79 Å². The SMILES string of the molecule is Cc1ccc2cc(C(=O)NC(C)N)c(N3CCC(NC4CCCCC4)CC3)nc2c1. The van der Waals surface area contributed by atoms with Crippen molar-refractivity contribution < 1.29 is 4.79 Å². The van der Waals surface area contributed by atoms with Gasteiger partial charge in [0.1, 0.15) is 5.82 Å². The standard InChI is InChI=1S/C24H35N5O/c1-16-8-9-18-15-21(24(30)26-17(2)25)23(28-22(18)14-16)29-12-10-20(11-13-29)27-19-6-4-3-5-7-19/h8-9,14-15,17,19-20,27H,3-7,10-13,25H2,1-2H3,(H,26,30). The molecule has 162 valence electrons. The van der Waals surface area contributed by atoms with Crippen LogP contribution in [0.25, 0.3) is 10.9 Å². The van der Waals surface area contributed by atoms with Crippen molar-refractivity contribution in [1.82, 2.24) is 15.6 Å². The van der Waals surface area contributed by atoms with E-state index < -0.39 is 6.17 Å². The van der Waals surface area contributed by atoms with Crippen molar-refractivity contribution in [2.24, 2.45) is 5.73 Å². The molecule has 1 amide bonds. The number of benzene rings is 1. The monoisotopic (exact) mass is 409 g/mol. The fraction of sp³-hybridized carbons (Fsp3) is 0.583. The minimum atomic E-state index is -0.399. The van der Waals surface area contributed by atoms with E-state index in [1.807, 2.05) is 12.1 Å². The number of aromatic nitrogens is 1. The number of hydrogen-bond donors (Lipinski definition) is 3. The van der Waals surface area contributed by atoms with Crippen LogP contribution in [-0.2, 0) is 0 Å². The van der Waals surface area contributed by atoms with Gasteiger partial charge < -0.3 is 21.3 Å². The van der Waals surface area contributed by atoms with Gasteiger partial charge in [-0.1, -0.05) is 31.4 Å². The number of carbonyl (C=O) groups is 1. The predicted molar refractivity (Wildman–Crippen MR) is 123 cm³/mol. The smallest absolute Gasteiger partial charge is 0.256 e. The van der Waals surface area contributed by atoms with E-state index in [1.165, 1.54) is 37.7 Å². The summed E-state index contributed by atoms with van der Waals surface area (Å²) in [6.07, 6.45) is 8.49. The molecule has 6 heteroatoms. The van der Waals surface area contributed by atoms with Crippen LogP contribution in [0.5, 0.6) is 0 Å². The number of pyridine rings is 1. The maximum absolute atomic E-state index is 12.9. The van der Waals surface area contributed by atoms with Crippen LogP contribution in [0, 0.1) is 6.92 Å². The number of aryl methyl sites for hydroxylation is 1. The number of nitrogens with one attached hydrogen (secondary N) is 2. The predicted octanol–water partition coefficient (Wildman–Crippen LogP) is 3.47. The van der Waals surface area contributed by atoms with Crippen LogP contribution in [-0.4, -0.2) is 42.2 Å². The van der Waals surface area contributed by atoms with Crippen molar-refractivity contribution in [2.45, 2.75) is 77.0 Å². The molecule has 2 fully saturated rings. The van der Waals surface area contributed by atoms with Crippen molar-refractivity contribution in [3.05, 3.63) is 35.4 Å². The molecule has 1 aliphatic carbocycles. The summed E-state index contributed by atoms with van der Waals surface area (Å²) >= 11 is 0. The average molecular weight is 410 g/mol. The molecule has 1 saturated carbocycles. The van der Waals surface area contributed by atoms with Crippen LogP contribution in [0.1, 0.15) is 67.8 Å². The van der Waals surface area contributed by atoms with Gasteiger partial charge in [0.15, 0.2) is 0 Å². The lowest BCUT2D eigenvalue weighted by Gasteiger charge is -2.36. The first-order valence-electron chi connectivity index (χ1n) is 11.5. The molecule has 2 aromatic rings. The number of amides is 1. The van der Waals surface area contributed by atoms with Gasteiger partial charge in [0.05, 0.1) is 17.2 Å².